The Labute approximate surface area is 125 Å². The van der Waals surface area contributed by atoms with Crippen LogP contribution in [0.2, 0.25) is 0 Å². The van der Waals surface area contributed by atoms with Crippen molar-refractivity contribution in [3.05, 3.63) is 27.1 Å². The van der Waals surface area contributed by atoms with E-state index in [0.29, 0.717) is 0 Å². The summed E-state index contributed by atoms with van der Waals surface area (Å²) in [7, 11) is 0. The molecular weight excluding hydrogens is 356 g/mol. The highest BCUT2D eigenvalue weighted by atomic mass is 79.9. The summed E-state index contributed by atoms with van der Waals surface area (Å²) >= 11 is 7.12. The third-order valence-corrected chi connectivity index (χ3v) is 4.80. The van der Waals surface area contributed by atoms with Crippen molar-refractivity contribution in [1.29, 1.82) is 5.26 Å². The number of hydrogen-bond acceptors (Lipinski definition) is 2. The molecule has 0 amide bonds. The van der Waals surface area contributed by atoms with Gasteiger partial charge in [-0.15, -0.1) is 0 Å². The maximum atomic E-state index is 9.29. The number of anilines is 1. The third-order valence-electron chi connectivity index (χ3n) is 3.47. The van der Waals surface area contributed by atoms with Crippen molar-refractivity contribution in [3.8, 4) is 6.07 Å². The first-order valence-corrected chi connectivity index (χ1v) is 7.91. The van der Waals surface area contributed by atoms with Crippen molar-refractivity contribution in [2.75, 3.05) is 5.32 Å². The van der Waals surface area contributed by atoms with E-state index in [1.54, 1.807) is 0 Å². The smallest absolute Gasteiger partial charge is 0.0677 e. The minimum Gasteiger partial charge on any atom is -0.379 e. The lowest BCUT2D eigenvalue weighted by Crippen LogP contribution is -2.27. The molecule has 1 saturated carbocycles. The molecule has 2 unspecified atom stereocenters. The molecule has 1 aliphatic carbocycles. The number of benzene rings is 1. The summed E-state index contributed by atoms with van der Waals surface area (Å²) < 4.78 is 2.08. The fourth-order valence-electron chi connectivity index (χ4n) is 2.46. The molecule has 1 aromatic rings. The molecule has 0 radical (unpaired) electrons. The standard InChI is InChI=1S/C14H16Br2N2/c15-11-6-4-7-12(16)14(11)18-13-8-3-1-2-5-10(13)9-17/h4,6-7,10,13,18H,1-3,5,8H2. The van der Waals surface area contributed by atoms with Gasteiger partial charge in [0.15, 0.2) is 0 Å². The van der Waals surface area contributed by atoms with Crippen LogP contribution in [0.1, 0.15) is 32.1 Å². The van der Waals surface area contributed by atoms with Crippen molar-refractivity contribution in [2.24, 2.45) is 5.92 Å². The van der Waals surface area contributed by atoms with Gasteiger partial charge in [-0.25, -0.2) is 0 Å². The number of nitrogens with one attached hydrogen (secondary N) is 1. The van der Waals surface area contributed by atoms with Crippen molar-refractivity contribution in [3.63, 3.8) is 0 Å². The molecule has 2 nitrogen and oxygen atoms in total. The van der Waals surface area contributed by atoms with E-state index in [-0.39, 0.29) is 12.0 Å². The minimum absolute atomic E-state index is 0.117. The summed E-state index contributed by atoms with van der Waals surface area (Å²) in [5.74, 6) is 0.117. The van der Waals surface area contributed by atoms with Crippen molar-refractivity contribution in [1.82, 2.24) is 0 Å². The van der Waals surface area contributed by atoms with E-state index in [4.69, 9.17) is 0 Å². The lowest BCUT2D eigenvalue weighted by Gasteiger charge is -2.23. The van der Waals surface area contributed by atoms with Gasteiger partial charge in [0.2, 0.25) is 0 Å². The Morgan fingerprint density at radius 1 is 1.11 bits per heavy atom. The molecule has 96 valence electrons. The molecule has 0 saturated heterocycles. The Hall–Kier alpha value is -0.530. The highest BCUT2D eigenvalue weighted by molar-refractivity contribution is 9.11. The van der Waals surface area contributed by atoms with Gasteiger partial charge in [-0.05, 0) is 56.8 Å². The molecule has 18 heavy (non-hydrogen) atoms. The maximum Gasteiger partial charge on any atom is 0.0677 e. The van der Waals surface area contributed by atoms with E-state index in [2.05, 4.69) is 43.2 Å². The number of hydrogen-bond donors (Lipinski definition) is 1. The largest absolute Gasteiger partial charge is 0.379 e. The summed E-state index contributed by atoms with van der Waals surface area (Å²) in [4.78, 5) is 0. The maximum absolute atomic E-state index is 9.29. The second-order valence-corrected chi connectivity index (χ2v) is 6.43. The van der Waals surface area contributed by atoms with Crippen LogP contribution < -0.4 is 5.32 Å². The Morgan fingerprint density at radius 2 is 1.78 bits per heavy atom. The van der Waals surface area contributed by atoms with Crippen LogP contribution in [0.4, 0.5) is 5.69 Å². The molecule has 0 heterocycles. The average molecular weight is 372 g/mol. The molecule has 2 atom stereocenters. The second-order valence-electron chi connectivity index (χ2n) is 4.72. The van der Waals surface area contributed by atoms with Gasteiger partial charge in [-0.3, -0.25) is 0 Å². The van der Waals surface area contributed by atoms with Crippen LogP contribution in [0.25, 0.3) is 0 Å². The number of nitriles is 1. The number of halogens is 2. The number of para-hydroxylation sites is 1. The van der Waals surface area contributed by atoms with Crippen molar-refractivity contribution < 1.29 is 0 Å². The number of rotatable bonds is 2. The first-order valence-electron chi connectivity index (χ1n) is 6.32. The normalized spacial score (nSPS) is 24.1. The molecule has 4 heteroatoms. The summed E-state index contributed by atoms with van der Waals surface area (Å²) in [6, 6.07) is 8.75. The molecule has 1 fully saturated rings. The zero-order valence-corrected chi connectivity index (χ0v) is 13.3. The summed E-state index contributed by atoms with van der Waals surface area (Å²) in [5.41, 5.74) is 1.06. The third kappa shape index (κ3) is 3.27. The highest BCUT2D eigenvalue weighted by Gasteiger charge is 2.24. The molecule has 1 aromatic carbocycles. The Bertz CT molecular complexity index is 433. The Balaban J connectivity index is 2.18. The predicted octanol–water partition coefficient (Wildman–Crippen LogP) is 5.10. The van der Waals surface area contributed by atoms with Crippen LogP contribution in [0.5, 0.6) is 0 Å². The van der Waals surface area contributed by atoms with Crippen LogP contribution in [-0.2, 0) is 0 Å². The van der Waals surface area contributed by atoms with Gasteiger partial charge < -0.3 is 5.32 Å². The minimum atomic E-state index is 0.117. The topological polar surface area (TPSA) is 35.8 Å². The van der Waals surface area contributed by atoms with Gasteiger partial charge in [0, 0.05) is 15.0 Å². The van der Waals surface area contributed by atoms with Crippen LogP contribution in [0.3, 0.4) is 0 Å². The summed E-state index contributed by atoms with van der Waals surface area (Å²) in [6.45, 7) is 0. The SMILES string of the molecule is N#CC1CCCCCC1Nc1c(Br)cccc1Br. The number of nitrogens with zero attached hydrogens (tertiary/aromatic N) is 1. The fraction of sp³-hybridized carbons (Fsp3) is 0.500. The van der Waals surface area contributed by atoms with E-state index in [0.717, 1.165) is 27.5 Å². The van der Waals surface area contributed by atoms with Crippen LogP contribution in [0.15, 0.2) is 27.1 Å². The van der Waals surface area contributed by atoms with Gasteiger partial charge in [-0.1, -0.05) is 25.3 Å². The molecule has 1 N–H and O–H groups in total. The van der Waals surface area contributed by atoms with Crippen LogP contribution >= 0.6 is 31.9 Å². The zero-order chi connectivity index (χ0) is 13.0. The van der Waals surface area contributed by atoms with Crippen molar-refractivity contribution >= 4 is 37.5 Å². The second kappa shape index (κ2) is 6.58. The zero-order valence-electron chi connectivity index (χ0n) is 10.1. The molecule has 2 rings (SSSR count). The lowest BCUT2D eigenvalue weighted by molar-refractivity contribution is 0.514. The van der Waals surface area contributed by atoms with Crippen LogP contribution in [0, 0.1) is 17.2 Å². The highest BCUT2D eigenvalue weighted by Crippen LogP contribution is 2.34. The quantitative estimate of drug-likeness (QED) is 0.734. The molecule has 1 aliphatic rings. The predicted molar refractivity (Wildman–Crippen MR) is 81.4 cm³/mol. The first-order chi connectivity index (χ1) is 8.72. The summed E-state index contributed by atoms with van der Waals surface area (Å²) in [6.07, 6.45) is 5.71. The van der Waals surface area contributed by atoms with Crippen LogP contribution in [-0.4, -0.2) is 6.04 Å². The van der Waals surface area contributed by atoms with E-state index in [1.807, 2.05) is 18.2 Å². The monoisotopic (exact) mass is 370 g/mol. The molecular formula is C14H16Br2N2. The molecule has 0 spiro atoms. The molecule has 0 bridgehead atoms. The fourth-order valence-corrected chi connectivity index (χ4v) is 3.68. The van der Waals surface area contributed by atoms with E-state index in [9.17, 15) is 5.26 Å². The van der Waals surface area contributed by atoms with Gasteiger partial charge in [0.25, 0.3) is 0 Å². The Kier molecular flexibility index (Phi) is 5.08. The first kappa shape index (κ1) is 13.9. The summed E-state index contributed by atoms with van der Waals surface area (Å²) in [5, 5.41) is 12.8. The van der Waals surface area contributed by atoms with E-state index < -0.39 is 0 Å². The van der Waals surface area contributed by atoms with Gasteiger partial charge in [0.05, 0.1) is 17.7 Å². The van der Waals surface area contributed by atoms with E-state index >= 15 is 0 Å². The molecule has 0 aromatic heterocycles. The van der Waals surface area contributed by atoms with Gasteiger partial charge in [0.1, 0.15) is 0 Å². The van der Waals surface area contributed by atoms with Gasteiger partial charge in [-0.2, -0.15) is 5.26 Å². The van der Waals surface area contributed by atoms with Gasteiger partial charge >= 0.3 is 0 Å². The van der Waals surface area contributed by atoms with E-state index in [1.165, 1.54) is 19.3 Å². The van der Waals surface area contributed by atoms with Crippen molar-refractivity contribution in [2.45, 2.75) is 38.1 Å². The lowest BCUT2D eigenvalue weighted by atomic mass is 9.96. The Morgan fingerprint density at radius 3 is 2.44 bits per heavy atom. The molecule has 0 aliphatic heterocycles. The average Bonchev–Trinajstić information content (AvgIpc) is 2.59.